The normalized spacial score (nSPS) is 10.3. The highest BCUT2D eigenvalue weighted by Gasteiger charge is 2.06. The van der Waals surface area contributed by atoms with Gasteiger partial charge in [0.15, 0.2) is 0 Å². The Bertz CT molecular complexity index is 573. The van der Waals surface area contributed by atoms with Gasteiger partial charge in [0.1, 0.15) is 11.6 Å². The summed E-state index contributed by atoms with van der Waals surface area (Å²) in [6.07, 6.45) is 0.749. The summed E-state index contributed by atoms with van der Waals surface area (Å²) in [4.78, 5) is 12.7. The Morgan fingerprint density at radius 3 is 2.80 bits per heavy atom. The largest absolute Gasteiger partial charge is 0.338 e. The molecule has 0 fully saturated rings. The van der Waals surface area contributed by atoms with Gasteiger partial charge in [-0.2, -0.15) is 0 Å². The molecular weight excluding hydrogens is 282 g/mol. The van der Waals surface area contributed by atoms with Crippen LogP contribution in [0.5, 0.6) is 0 Å². The number of hydrogen-bond donors (Lipinski definition) is 2. The van der Waals surface area contributed by atoms with E-state index in [1.807, 2.05) is 17.5 Å². The van der Waals surface area contributed by atoms with E-state index in [0.29, 0.717) is 6.54 Å². The molecular formula is C14H14F2N2OS. The molecule has 1 aromatic carbocycles. The molecule has 106 valence electrons. The van der Waals surface area contributed by atoms with Crippen molar-refractivity contribution >= 4 is 17.4 Å². The summed E-state index contributed by atoms with van der Waals surface area (Å²) >= 11 is 1.63. The van der Waals surface area contributed by atoms with E-state index in [9.17, 15) is 13.6 Å². The van der Waals surface area contributed by atoms with E-state index in [2.05, 4.69) is 10.6 Å². The predicted molar refractivity (Wildman–Crippen MR) is 74.6 cm³/mol. The Kier molecular flexibility index (Phi) is 5.06. The van der Waals surface area contributed by atoms with Crippen LogP contribution >= 0.6 is 11.3 Å². The number of halogens is 2. The van der Waals surface area contributed by atoms with E-state index in [-0.39, 0.29) is 12.1 Å². The van der Waals surface area contributed by atoms with Crippen LogP contribution in [-0.2, 0) is 13.0 Å². The lowest BCUT2D eigenvalue weighted by Crippen LogP contribution is -2.36. The number of amides is 2. The topological polar surface area (TPSA) is 41.1 Å². The quantitative estimate of drug-likeness (QED) is 0.874. The van der Waals surface area contributed by atoms with Crippen molar-refractivity contribution in [3.05, 3.63) is 57.8 Å². The molecule has 0 atom stereocenters. The average molecular weight is 296 g/mol. The highest BCUT2D eigenvalue weighted by Crippen LogP contribution is 2.09. The van der Waals surface area contributed by atoms with Crippen molar-refractivity contribution in [1.82, 2.24) is 10.6 Å². The molecule has 1 heterocycles. The first-order chi connectivity index (χ1) is 9.65. The van der Waals surface area contributed by atoms with Gasteiger partial charge in [0.2, 0.25) is 0 Å². The van der Waals surface area contributed by atoms with Gasteiger partial charge in [-0.1, -0.05) is 6.07 Å². The average Bonchev–Trinajstić information content (AvgIpc) is 2.93. The van der Waals surface area contributed by atoms with Crippen LogP contribution in [0.2, 0.25) is 0 Å². The molecule has 2 amide bonds. The third kappa shape index (κ3) is 4.31. The predicted octanol–water partition coefficient (Wildman–Crippen LogP) is 3.07. The lowest BCUT2D eigenvalue weighted by Gasteiger charge is -2.08. The number of nitrogens with one attached hydrogen (secondary N) is 2. The van der Waals surface area contributed by atoms with Crippen molar-refractivity contribution < 1.29 is 13.6 Å². The summed E-state index contributed by atoms with van der Waals surface area (Å²) in [7, 11) is 0. The molecule has 0 saturated heterocycles. The van der Waals surface area contributed by atoms with Crippen LogP contribution in [0.3, 0.4) is 0 Å². The molecule has 0 bridgehead atoms. The molecule has 0 unspecified atom stereocenters. The molecule has 2 rings (SSSR count). The molecule has 0 aliphatic heterocycles. The Hall–Kier alpha value is -1.95. The second-order valence-electron chi connectivity index (χ2n) is 4.17. The number of carbonyl (C=O) groups excluding carboxylic acids is 1. The van der Waals surface area contributed by atoms with Crippen LogP contribution in [0.15, 0.2) is 35.7 Å². The van der Waals surface area contributed by atoms with Gasteiger partial charge >= 0.3 is 6.03 Å². The molecule has 3 nitrogen and oxygen atoms in total. The second kappa shape index (κ2) is 7.00. The smallest absolute Gasteiger partial charge is 0.315 e. The fraction of sp³-hybridized carbons (Fsp3) is 0.214. The molecule has 20 heavy (non-hydrogen) atoms. The maximum absolute atomic E-state index is 13.3. The number of rotatable bonds is 5. The number of carbonyl (C=O) groups is 1. The number of benzene rings is 1. The third-order valence-electron chi connectivity index (χ3n) is 2.68. The summed E-state index contributed by atoms with van der Waals surface area (Å²) in [5, 5.41) is 7.13. The fourth-order valence-corrected chi connectivity index (χ4v) is 2.38. The minimum atomic E-state index is -0.537. The van der Waals surface area contributed by atoms with E-state index in [1.54, 1.807) is 11.3 Å². The Morgan fingerprint density at radius 1 is 1.20 bits per heavy atom. The Balaban J connectivity index is 1.73. The summed E-state index contributed by atoms with van der Waals surface area (Å²) in [5.41, 5.74) is 0.124. The summed E-state index contributed by atoms with van der Waals surface area (Å²) < 4.78 is 26.3. The summed E-state index contributed by atoms with van der Waals surface area (Å²) in [6, 6.07) is 6.70. The van der Waals surface area contributed by atoms with E-state index in [4.69, 9.17) is 0 Å². The van der Waals surface area contributed by atoms with Crippen LogP contribution < -0.4 is 10.6 Å². The van der Waals surface area contributed by atoms with Gasteiger partial charge in [-0.3, -0.25) is 0 Å². The second-order valence-corrected chi connectivity index (χ2v) is 5.21. The van der Waals surface area contributed by atoms with Gasteiger partial charge in [0, 0.05) is 23.5 Å². The summed E-state index contributed by atoms with van der Waals surface area (Å²) in [5.74, 6) is -1.06. The van der Waals surface area contributed by atoms with Crippen molar-refractivity contribution in [2.24, 2.45) is 0 Å². The van der Waals surface area contributed by atoms with E-state index < -0.39 is 17.7 Å². The minimum Gasteiger partial charge on any atom is -0.338 e. The maximum Gasteiger partial charge on any atom is 0.315 e. The van der Waals surface area contributed by atoms with E-state index in [1.165, 1.54) is 4.88 Å². The van der Waals surface area contributed by atoms with E-state index in [0.717, 1.165) is 24.6 Å². The lowest BCUT2D eigenvalue weighted by atomic mass is 10.2. The molecule has 0 spiro atoms. The maximum atomic E-state index is 13.3. The standard InChI is InChI=1S/C14H14F2N2OS/c15-11-3-4-13(16)10(8-11)9-18-14(19)17-6-5-12-2-1-7-20-12/h1-4,7-8H,5-6,9H2,(H2,17,18,19). The molecule has 0 radical (unpaired) electrons. The molecule has 0 saturated carbocycles. The molecule has 2 N–H and O–H groups in total. The van der Waals surface area contributed by atoms with Crippen molar-refractivity contribution in [2.45, 2.75) is 13.0 Å². The third-order valence-corrected chi connectivity index (χ3v) is 3.62. The van der Waals surface area contributed by atoms with Crippen molar-refractivity contribution in [2.75, 3.05) is 6.54 Å². The molecule has 2 aromatic rings. The van der Waals surface area contributed by atoms with Crippen molar-refractivity contribution in [3.8, 4) is 0 Å². The first kappa shape index (κ1) is 14.5. The summed E-state index contributed by atoms with van der Waals surface area (Å²) in [6.45, 7) is 0.451. The van der Waals surface area contributed by atoms with Crippen molar-refractivity contribution in [3.63, 3.8) is 0 Å². The van der Waals surface area contributed by atoms with Crippen LogP contribution in [-0.4, -0.2) is 12.6 Å². The van der Waals surface area contributed by atoms with Crippen LogP contribution in [0.4, 0.5) is 13.6 Å². The van der Waals surface area contributed by atoms with Gasteiger partial charge in [-0.05, 0) is 36.1 Å². The SMILES string of the molecule is O=C(NCCc1cccs1)NCc1cc(F)ccc1F. The van der Waals surface area contributed by atoms with Gasteiger partial charge in [-0.15, -0.1) is 11.3 Å². The van der Waals surface area contributed by atoms with Crippen LogP contribution in [0, 0.1) is 11.6 Å². The van der Waals surface area contributed by atoms with E-state index >= 15 is 0 Å². The number of thiophene rings is 1. The van der Waals surface area contributed by atoms with Gasteiger partial charge in [0.05, 0.1) is 0 Å². The zero-order valence-electron chi connectivity index (χ0n) is 10.7. The Labute approximate surface area is 119 Å². The molecule has 0 aliphatic rings. The fourth-order valence-electron chi connectivity index (χ4n) is 1.67. The van der Waals surface area contributed by atoms with Crippen LogP contribution in [0.25, 0.3) is 0 Å². The van der Waals surface area contributed by atoms with Crippen LogP contribution in [0.1, 0.15) is 10.4 Å². The molecule has 6 heteroatoms. The van der Waals surface area contributed by atoms with Gasteiger partial charge in [0.25, 0.3) is 0 Å². The van der Waals surface area contributed by atoms with Crippen molar-refractivity contribution in [1.29, 1.82) is 0 Å². The zero-order valence-corrected chi connectivity index (χ0v) is 11.5. The molecule has 0 aliphatic carbocycles. The minimum absolute atomic E-state index is 0.0472. The van der Waals surface area contributed by atoms with Gasteiger partial charge in [-0.25, -0.2) is 13.6 Å². The molecule has 1 aromatic heterocycles. The zero-order chi connectivity index (χ0) is 14.4. The first-order valence-electron chi connectivity index (χ1n) is 6.13. The number of hydrogen-bond acceptors (Lipinski definition) is 2. The first-order valence-corrected chi connectivity index (χ1v) is 7.01. The van der Waals surface area contributed by atoms with Gasteiger partial charge < -0.3 is 10.6 Å². The highest BCUT2D eigenvalue weighted by molar-refractivity contribution is 7.09. The number of urea groups is 1. The Morgan fingerprint density at radius 2 is 2.05 bits per heavy atom. The monoisotopic (exact) mass is 296 g/mol. The lowest BCUT2D eigenvalue weighted by molar-refractivity contribution is 0.240. The highest BCUT2D eigenvalue weighted by atomic mass is 32.1.